The zero-order valence-electron chi connectivity index (χ0n) is 11.2. The topological polar surface area (TPSA) is 52.7 Å². The van der Waals surface area contributed by atoms with Crippen molar-refractivity contribution in [1.82, 2.24) is 15.1 Å². The van der Waals surface area contributed by atoms with E-state index in [9.17, 15) is 9.59 Å². The van der Waals surface area contributed by atoms with E-state index in [1.165, 1.54) is 0 Å². The van der Waals surface area contributed by atoms with E-state index in [-0.39, 0.29) is 5.91 Å². The summed E-state index contributed by atoms with van der Waals surface area (Å²) in [7, 11) is 0. The van der Waals surface area contributed by atoms with Crippen LogP contribution in [0.3, 0.4) is 0 Å². The van der Waals surface area contributed by atoms with Crippen LogP contribution in [-0.4, -0.2) is 54.8 Å². The smallest absolute Gasteiger partial charge is 0.234 e. The van der Waals surface area contributed by atoms with Gasteiger partial charge in [0, 0.05) is 37.7 Å². The summed E-state index contributed by atoms with van der Waals surface area (Å²) < 4.78 is 0. The van der Waals surface area contributed by atoms with Crippen molar-refractivity contribution in [2.24, 2.45) is 0 Å². The Bertz CT molecular complexity index is 473. The highest BCUT2D eigenvalue weighted by Gasteiger charge is 2.17. The van der Waals surface area contributed by atoms with E-state index in [0.29, 0.717) is 31.2 Å². The monoisotopic (exact) mass is 295 g/mol. The van der Waals surface area contributed by atoms with Crippen LogP contribution < -0.4 is 5.32 Å². The van der Waals surface area contributed by atoms with Gasteiger partial charge in [0.15, 0.2) is 0 Å². The number of halogens is 1. The van der Waals surface area contributed by atoms with Gasteiger partial charge in [-0.25, -0.2) is 0 Å². The van der Waals surface area contributed by atoms with E-state index in [4.69, 9.17) is 11.6 Å². The van der Waals surface area contributed by atoms with E-state index in [0.717, 1.165) is 25.1 Å². The lowest BCUT2D eigenvalue weighted by atomic mass is 10.2. The van der Waals surface area contributed by atoms with Crippen LogP contribution in [0.2, 0.25) is 5.02 Å². The Morgan fingerprint density at radius 3 is 2.60 bits per heavy atom. The SMILES string of the molecule is O=CN1CCN(CC(=O)NCc2ccccc2Cl)CC1. The molecule has 0 aliphatic carbocycles. The summed E-state index contributed by atoms with van der Waals surface area (Å²) in [5, 5.41) is 3.52. The third kappa shape index (κ3) is 4.21. The van der Waals surface area contributed by atoms with Gasteiger partial charge in [0.1, 0.15) is 0 Å². The van der Waals surface area contributed by atoms with Crippen LogP contribution in [0.25, 0.3) is 0 Å². The van der Waals surface area contributed by atoms with Gasteiger partial charge in [-0.3, -0.25) is 14.5 Å². The second-order valence-electron chi connectivity index (χ2n) is 4.79. The number of piperazine rings is 1. The molecule has 1 aromatic rings. The number of benzene rings is 1. The molecule has 0 atom stereocenters. The highest BCUT2D eigenvalue weighted by Crippen LogP contribution is 2.14. The highest BCUT2D eigenvalue weighted by molar-refractivity contribution is 6.31. The molecule has 0 saturated carbocycles. The summed E-state index contributed by atoms with van der Waals surface area (Å²) in [6.45, 7) is 3.63. The quantitative estimate of drug-likeness (QED) is 0.815. The molecule has 108 valence electrons. The molecule has 1 aliphatic heterocycles. The molecule has 0 bridgehead atoms. The largest absolute Gasteiger partial charge is 0.351 e. The predicted molar refractivity (Wildman–Crippen MR) is 77.4 cm³/mol. The van der Waals surface area contributed by atoms with Crippen molar-refractivity contribution >= 4 is 23.9 Å². The lowest BCUT2D eigenvalue weighted by molar-refractivity contribution is -0.123. The lowest BCUT2D eigenvalue weighted by Crippen LogP contribution is -2.48. The molecule has 1 heterocycles. The van der Waals surface area contributed by atoms with E-state index in [1.54, 1.807) is 4.90 Å². The minimum Gasteiger partial charge on any atom is -0.351 e. The fourth-order valence-electron chi connectivity index (χ4n) is 2.12. The van der Waals surface area contributed by atoms with Crippen LogP contribution in [0.15, 0.2) is 24.3 Å². The van der Waals surface area contributed by atoms with Crippen molar-refractivity contribution < 1.29 is 9.59 Å². The Labute approximate surface area is 123 Å². The number of carbonyl (C=O) groups excluding carboxylic acids is 2. The summed E-state index contributed by atoms with van der Waals surface area (Å²) in [4.78, 5) is 26.2. The van der Waals surface area contributed by atoms with Gasteiger partial charge in [0.25, 0.3) is 0 Å². The van der Waals surface area contributed by atoms with Crippen molar-refractivity contribution in [3.8, 4) is 0 Å². The van der Waals surface area contributed by atoms with Crippen molar-refractivity contribution in [2.75, 3.05) is 32.7 Å². The summed E-state index contributed by atoms with van der Waals surface area (Å²) in [6, 6.07) is 7.46. The molecular weight excluding hydrogens is 278 g/mol. The zero-order valence-corrected chi connectivity index (χ0v) is 12.0. The minimum absolute atomic E-state index is 0.0236. The van der Waals surface area contributed by atoms with Crippen LogP contribution >= 0.6 is 11.6 Å². The molecule has 6 heteroatoms. The maximum absolute atomic E-state index is 11.9. The second-order valence-corrected chi connectivity index (χ2v) is 5.19. The Balaban J connectivity index is 1.73. The van der Waals surface area contributed by atoms with Crippen LogP contribution in [0, 0.1) is 0 Å². The molecular formula is C14H18ClN3O2. The Hall–Kier alpha value is -1.59. The number of nitrogens with zero attached hydrogens (tertiary/aromatic N) is 2. The summed E-state index contributed by atoms with van der Waals surface area (Å²) in [6.07, 6.45) is 0.856. The number of nitrogens with one attached hydrogen (secondary N) is 1. The van der Waals surface area contributed by atoms with Crippen molar-refractivity contribution in [2.45, 2.75) is 6.54 Å². The molecule has 1 aromatic carbocycles. The first-order valence-electron chi connectivity index (χ1n) is 6.61. The first kappa shape index (κ1) is 14.8. The van der Waals surface area contributed by atoms with Gasteiger partial charge in [-0.2, -0.15) is 0 Å². The summed E-state index contributed by atoms with van der Waals surface area (Å²) in [5.74, 6) is -0.0236. The van der Waals surface area contributed by atoms with Gasteiger partial charge in [0.05, 0.1) is 6.54 Å². The summed E-state index contributed by atoms with van der Waals surface area (Å²) >= 11 is 6.03. The zero-order chi connectivity index (χ0) is 14.4. The molecule has 0 aromatic heterocycles. The molecule has 2 rings (SSSR count). The van der Waals surface area contributed by atoms with E-state index >= 15 is 0 Å². The Morgan fingerprint density at radius 1 is 1.25 bits per heavy atom. The molecule has 1 saturated heterocycles. The molecule has 0 unspecified atom stereocenters. The average molecular weight is 296 g/mol. The number of rotatable bonds is 5. The lowest BCUT2D eigenvalue weighted by Gasteiger charge is -2.31. The Kier molecular flexibility index (Phi) is 5.38. The molecule has 2 amide bonds. The maximum Gasteiger partial charge on any atom is 0.234 e. The standard InChI is InChI=1S/C14H18ClN3O2/c15-13-4-2-1-3-12(13)9-16-14(20)10-17-5-7-18(11-19)8-6-17/h1-4,11H,5-10H2,(H,16,20). The van der Waals surface area contributed by atoms with Crippen LogP contribution in [0.4, 0.5) is 0 Å². The molecule has 1 aliphatic rings. The van der Waals surface area contributed by atoms with Crippen molar-refractivity contribution in [3.05, 3.63) is 34.9 Å². The van der Waals surface area contributed by atoms with Gasteiger partial charge < -0.3 is 10.2 Å². The first-order valence-corrected chi connectivity index (χ1v) is 6.98. The number of carbonyl (C=O) groups is 2. The normalized spacial score (nSPS) is 15.9. The fraction of sp³-hybridized carbons (Fsp3) is 0.429. The number of hydrogen-bond donors (Lipinski definition) is 1. The first-order chi connectivity index (χ1) is 9.69. The molecule has 20 heavy (non-hydrogen) atoms. The molecule has 1 fully saturated rings. The van der Waals surface area contributed by atoms with Crippen LogP contribution in [-0.2, 0) is 16.1 Å². The third-order valence-electron chi connectivity index (χ3n) is 3.36. The Morgan fingerprint density at radius 2 is 1.95 bits per heavy atom. The molecule has 0 spiro atoms. The minimum atomic E-state index is -0.0236. The van der Waals surface area contributed by atoms with Crippen molar-refractivity contribution in [1.29, 1.82) is 0 Å². The van der Waals surface area contributed by atoms with E-state index in [2.05, 4.69) is 5.32 Å². The average Bonchev–Trinajstić information content (AvgIpc) is 2.47. The van der Waals surface area contributed by atoms with Crippen LogP contribution in [0.5, 0.6) is 0 Å². The predicted octanol–water partition coefficient (Wildman–Crippen LogP) is 0.730. The molecule has 0 radical (unpaired) electrons. The van der Waals surface area contributed by atoms with Crippen LogP contribution in [0.1, 0.15) is 5.56 Å². The molecule has 5 nitrogen and oxygen atoms in total. The van der Waals surface area contributed by atoms with Gasteiger partial charge >= 0.3 is 0 Å². The summed E-state index contributed by atoms with van der Waals surface area (Å²) in [5.41, 5.74) is 0.910. The third-order valence-corrected chi connectivity index (χ3v) is 3.73. The van der Waals surface area contributed by atoms with Gasteiger partial charge in [-0.1, -0.05) is 29.8 Å². The van der Waals surface area contributed by atoms with Crippen molar-refractivity contribution in [3.63, 3.8) is 0 Å². The molecule has 1 N–H and O–H groups in total. The van der Waals surface area contributed by atoms with Gasteiger partial charge in [-0.05, 0) is 11.6 Å². The van der Waals surface area contributed by atoms with Gasteiger partial charge in [0.2, 0.25) is 12.3 Å². The fourth-order valence-corrected chi connectivity index (χ4v) is 2.32. The van der Waals surface area contributed by atoms with E-state index in [1.807, 2.05) is 29.2 Å². The number of hydrogen-bond acceptors (Lipinski definition) is 3. The second kappa shape index (κ2) is 7.26. The van der Waals surface area contributed by atoms with Gasteiger partial charge in [-0.15, -0.1) is 0 Å². The highest BCUT2D eigenvalue weighted by atomic mass is 35.5. The number of amides is 2. The van der Waals surface area contributed by atoms with E-state index < -0.39 is 0 Å². The maximum atomic E-state index is 11.9.